The van der Waals surface area contributed by atoms with Crippen molar-refractivity contribution in [2.24, 2.45) is 11.8 Å². The molecule has 0 aromatic carbocycles. The Balaban J connectivity index is -0.000000335. The van der Waals surface area contributed by atoms with Gasteiger partial charge in [0, 0.05) is 0 Å². The fourth-order valence-electron chi connectivity index (χ4n) is 0.484. The topological polar surface area (TPSA) is 41.6 Å². The molecule has 1 heterocycles. The molecule has 27 heavy (non-hydrogen) atoms. The number of nitrogens with zero attached hydrogens (tertiary/aromatic N) is 2. The molecule has 0 saturated carbocycles. The molecule has 1 N–H and O–H groups in total. The number of rotatable bonds is 1. The highest BCUT2D eigenvalue weighted by molar-refractivity contribution is 5.43. The Morgan fingerprint density at radius 2 is 1.11 bits per heavy atom. The quantitative estimate of drug-likeness (QED) is 0.765. The van der Waals surface area contributed by atoms with Gasteiger partial charge in [-0.3, -0.25) is 0 Å². The highest BCUT2D eigenvalue weighted by atomic mass is 15.3. The zero-order chi connectivity index (χ0) is 21.2. The minimum absolute atomic E-state index is 0.833. The van der Waals surface area contributed by atoms with E-state index in [-0.39, 0.29) is 0 Å². The lowest BCUT2D eigenvalue weighted by Gasteiger charge is -1.90. The largest absolute Gasteiger partial charge is 0.198 e. The fourth-order valence-corrected chi connectivity index (χ4v) is 0.484. The molecule has 0 amide bonds. The highest BCUT2D eigenvalue weighted by Gasteiger charge is 1.80. The Hall–Kier alpha value is -3.50. The van der Waals surface area contributed by atoms with Crippen molar-refractivity contribution in [3.8, 4) is 71.5 Å². The predicted octanol–water partition coefficient (Wildman–Crippen LogP) is 4.18. The summed E-state index contributed by atoms with van der Waals surface area (Å²) in [4.78, 5) is 0. The first-order valence-electron chi connectivity index (χ1n) is 8.59. The molecule has 0 unspecified atom stereocenters. The molecule has 0 bridgehead atoms. The van der Waals surface area contributed by atoms with Gasteiger partial charge in [-0.05, 0) is 78.0 Å². The van der Waals surface area contributed by atoms with Crippen LogP contribution in [-0.4, -0.2) is 15.4 Å². The van der Waals surface area contributed by atoms with Crippen LogP contribution in [-0.2, 0) is 0 Å². The number of terminal acetylenes is 1. The number of nitrogens with one attached hydrogen (secondary N) is 1. The third kappa shape index (κ3) is 51.9. The van der Waals surface area contributed by atoms with Crippen molar-refractivity contribution in [1.29, 1.82) is 0 Å². The van der Waals surface area contributed by atoms with E-state index in [0.717, 1.165) is 11.8 Å². The first-order chi connectivity index (χ1) is 12.9. The summed E-state index contributed by atoms with van der Waals surface area (Å²) in [6.07, 6.45) is 9.33. The summed E-state index contributed by atoms with van der Waals surface area (Å²) in [5.74, 6) is 28.7. The van der Waals surface area contributed by atoms with Crippen LogP contribution in [0.3, 0.4) is 0 Å². The smallest absolute Gasteiger partial charge is 0.0690 e. The van der Waals surface area contributed by atoms with Crippen LogP contribution in [0.5, 0.6) is 0 Å². The number of aromatic amines is 1. The fraction of sp³-hybridized carbons (Fsp3) is 0.417. The van der Waals surface area contributed by atoms with E-state index in [1.54, 1.807) is 19.3 Å². The summed E-state index contributed by atoms with van der Waals surface area (Å²) in [6.45, 7) is 14.8. The van der Waals surface area contributed by atoms with Crippen LogP contribution in [0.2, 0.25) is 0 Å². The molecule has 0 aliphatic rings. The molecule has 0 saturated heterocycles. The second kappa shape index (κ2) is 27.4. The van der Waals surface area contributed by atoms with Gasteiger partial charge in [-0.25, -0.2) is 0 Å². The lowest BCUT2D eigenvalue weighted by atomic mass is 10.2. The van der Waals surface area contributed by atoms with E-state index >= 15 is 0 Å². The molecule has 3 nitrogen and oxygen atoms in total. The summed E-state index contributed by atoms with van der Waals surface area (Å²) >= 11 is 0. The lowest BCUT2D eigenvalue weighted by Crippen LogP contribution is -1.77. The number of hydrogen-bond donors (Lipinski definition) is 1. The van der Waals surface area contributed by atoms with E-state index in [2.05, 4.69) is 122 Å². The number of hydrogen-bond acceptors (Lipinski definition) is 2. The van der Waals surface area contributed by atoms with Crippen molar-refractivity contribution in [1.82, 2.24) is 15.4 Å². The maximum atomic E-state index is 4.86. The summed E-state index contributed by atoms with van der Waals surface area (Å²) < 4.78 is 0. The molecule has 0 radical (unpaired) electrons. The van der Waals surface area contributed by atoms with Crippen LogP contribution < -0.4 is 0 Å². The van der Waals surface area contributed by atoms with Gasteiger partial charge in [0.05, 0.1) is 12.4 Å². The number of H-pyrrole nitrogens is 1. The Kier molecular flexibility index (Phi) is 28.7. The van der Waals surface area contributed by atoms with E-state index < -0.39 is 0 Å². The van der Waals surface area contributed by atoms with Gasteiger partial charge in [-0.2, -0.15) is 15.4 Å². The second-order valence-corrected chi connectivity index (χ2v) is 5.71. The lowest BCUT2D eigenvalue weighted by molar-refractivity contribution is 0.626. The van der Waals surface area contributed by atoms with Crippen molar-refractivity contribution in [3.63, 3.8) is 0 Å². The monoisotopic (exact) mass is 359 g/mol. The van der Waals surface area contributed by atoms with Gasteiger partial charge < -0.3 is 0 Å². The molecular formula is C24H29N3. The summed E-state index contributed by atoms with van der Waals surface area (Å²) in [6, 6.07) is 0. The van der Waals surface area contributed by atoms with Crippen molar-refractivity contribution in [3.05, 3.63) is 12.4 Å². The average Bonchev–Trinajstić information content (AvgIpc) is 3.20. The van der Waals surface area contributed by atoms with Gasteiger partial charge in [-0.15, -0.1) is 6.42 Å². The van der Waals surface area contributed by atoms with Crippen molar-refractivity contribution in [2.45, 2.75) is 54.9 Å². The minimum atomic E-state index is 0.833. The normalized spacial score (nSPS) is 6.37. The predicted molar refractivity (Wildman–Crippen MR) is 115 cm³/mol. The summed E-state index contributed by atoms with van der Waals surface area (Å²) in [5.41, 5.74) is 0. The second-order valence-electron chi connectivity index (χ2n) is 5.71. The van der Waals surface area contributed by atoms with Crippen LogP contribution in [0.15, 0.2) is 12.4 Å². The van der Waals surface area contributed by atoms with Gasteiger partial charge in [0.15, 0.2) is 0 Å². The zero-order valence-corrected chi connectivity index (χ0v) is 17.5. The summed E-state index contributed by atoms with van der Waals surface area (Å²) in [5, 5.41) is 9.33. The third-order valence-electron chi connectivity index (χ3n) is 1.84. The maximum absolute atomic E-state index is 4.86. The van der Waals surface area contributed by atoms with Gasteiger partial charge in [0.2, 0.25) is 0 Å². The van der Waals surface area contributed by atoms with Crippen LogP contribution in [0.4, 0.5) is 0 Å². The molecule has 1 rings (SSSR count). The standard InChI is InChI=1S/C13H4.C5H12.C4H10.C2H3N3/c1-3-5-7-9-11-13-12-10-8-6-4-2;1-4-5(2)3;1-4(2)3;1-2-4-5-3-1/h1H,2H3;5H,4H2,1-3H3;4H,1-3H3;1-2H,(H,3,4,5). The molecule has 140 valence electrons. The highest BCUT2D eigenvalue weighted by Crippen LogP contribution is 1.93. The minimum Gasteiger partial charge on any atom is -0.198 e. The van der Waals surface area contributed by atoms with Crippen molar-refractivity contribution >= 4 is 0 Å². The Morgan fingerprint density at radius 3 is 1.33 bits per heavy atom. The first-order valence-corrected chi connectivity index (χ1v) is 8.59. The molecule has 0 aliphatic heterocycles. The molecule has 0 spiro atoms. The molecule has 1 aromatic heterocycles. The summed E-state index contributed by atoms with van der Waals surface area (Å²) in [7, 11) is 0. The van der Waals surface area contributed by atoms with E-state index in [1.165, 1.54) is 6.42 Å². The average molecular weight is 360 g/mol. The molecule has 3 heteroatoms. The van der Waals surface area contributed by atoms with E-state index in [4.69, 9.17) is 6.42 Å². The Morgan fingerprint density at radius 1 is 0.778 bits per heavy atom. The van der Waals surface area contributed by atoms with Crippen LogP contribution >= 0.6 is 0 Å². The van der Waals surface area contributed by atoms with E-state index in [1.807, 2.05) is 0 Å². The van der Waals surface area contributed by atoms with Crippen LogP contribution in [0.1, 0.15) is 54.9 Å². The maximum Gasteiger partial charge on any atom is 0.0690 e. The number of aromatic nitrogens is 3. The zero-order valence-electron chi connectivity index (χ0n) is 17.5. The van der Waals surface area contributed by atoms with Crippen LogP contribution in [0, 0.1) is 83.4 Å². The van der Waals surface area contributed by atoms with Gasteiger partial charge >= 0.3 is 0 Å². The van der Waals surface area contributed by atoms with Crippen LogP contribution in [0.25, 0.3) is 0 Å². The van der Waals surface area contributed by atoms with E-state index in [0.29, 0.717) is 0 Å². The SMILES string of the molecule is C#CC#CC#CC#CC#CC#CC.CC(C)C.CCC(C)C.c1cn[nH]n1. The molecular weight excluding hydrogens is 330 g/mol. The first kappa shape index (κ1) is 28.3. The third-order valence-corrected chi connectivity index (χ3v) is 1.84. The molecule has 1 aromatic rings. The Bertz CT molecular complexity index is 760. The Labute approximate surface area is 166 Å². The van der Waals surface area contributed by atoms with Gasteiger partial charge in [-0.1, -0.05) is 53.9 Å². The molecule has 0 atom stereocenters. The molecule has 0 fully saturated rings. The van der Waals surface area contributed by atoms with Gasteiger partial charge in [0.25, 0.3) is 0 Å². The van der Waals surface area contributed by atoms with Crippen molar-refractivity contribution in [2.75, 3.05) is 0 Å². The van der Waals surface area contributed by atoms with Crippen molar-refractivity contribution < 1.29 is 0 Å². The van der Waals surface area contributed by atoms with E-state index in [9.17, 15) is 0 Å². The van der Waals surface area contributed by atoms with Gasteiger partial charge in [0.1, 0.15) is 0 Å². The molecule has 0 aliphatic carbocycles.